The van der Waals surface area contributed by atoms with Crippen molar-refractivity contribution in [1.82, 2.24) is 10.0 Å². The highest BCUT2D eigenvalue weighted by atomic mass is 32.2. The quantitative estimate of drug-likeness (QED) is 0.638. The number of hydrogen-bond donors (Lipinski definition) is 2. The molecular weight excluding hydrogens is 376 g/mol. The number of carbonyl (C=O) groups is 1. The molecule has 0 spiro atoms. The Labute approximate surface area is 167 Å². The maximum atomic E-state index is 12.3. The second kappa shape index (κ2) is 9.71. The molecule has 0 aromatic heterocycles. The molecule has 0 saturated heterocycles. The Balaban J connectivity index is 1.81. The lowest BCUT2D eigenvalue weighted by Crippen LogP contribution is -2.38. The van der Waals surface area contributed by atoms with E-state index in [9.17, 15) is 13.2 Å². The molecule has 0 aliphatic heterocycles. The van der Waals surface area contributed by atoms with E-state index in [4.69, 9.17) is 4.74 Å². The molecule has 2 rings (SSSR count). The van der Waals surface area contributed by atoms with E-state index in [0.717, 1.165) is 5.56 Å². The molecule has 2 aromatic carbocycles. The van der Waals surface area contributed by atoms with Gasteiger partial charge in [0, 0.05) is 24.9 Å². The minimum absolute atomic E-state index is 0.0349. The molecule has 0 bridgehead atoms. The normalized spacial score (nSPS) is 11.8. The standard InChI is InChI=1S/C21H28N2O4S/c1-4-27-18-10-12-19(13-11-18)28(25,26)23-15-14-20(24)22-16-21(2,3)17-8-6-5-7-9-17/h5-13,23H,4,14-16H2,1-3H3,(H,22,24). The second-order valence-electron chi connectivity index (χ2n) is 7.08. The summed E-state index contributed by atoms with van der Waals surface area (Å²) in [5.41, 5.74) is 0.921. The van der Waals surface area contributed by atoms with E-state index < -0.39 is 10.0 Å². The van der Waals surface area contributed by atoms with Gasteiger partial charge in [-0.2, -0.15) is 0 Å². The molecule has 0 aliphatic rings. The summed E-state index contributed by atoms with van der Waals surface area (Å²) in [7, 11) is -3.66. The van der Waals surface area contributed by atoms with Gasteiger partial charge in [0.05, 0.1) is 11.5 Å². The summed E-state index contributed by atoms with van der Waals surface area (Å²) < 4.78 is 32.4. The zero-order valence-electron chi connectivity index (χ0n) is 16.6. The Hall–Kier alpha value is -2.38. The van der Waals surface area contributed by atoms with Crippen molar-refractivity contribution in [3.05, 3.63) is 60.2 Å². The van der Waals surface area contributed by atoms with Crippen molar-refractivity contribution < 1.29 is 17.9 Å². The SMILES string of the molecule is CCOc1ccc(S(=O)(=O)NCCC(=O)NCC(C)(C)c2ccccc2)cc1. The number of amides is 1. The van der Waals surface area contributed by atoms with Gasteiger partial charge in [0.25, 0.3) is 0 Å². The Kier molecular flexibility index (Phi) is 7.60. The van der Waals surface area contributed by atoms with Crippen LogP contribution in [0.2, 0.25) is 0 Å². The predicted octanol–water partition coefficient (Wildman–Crippen LogP) is 2.85. The number of hydrogen-bond acceptors (Lipinski definition) is 4. The van der Waals surface area contributed by atoms with Gasteiger partial charge in [0.15, 0.2) is 0 Å². The second-order valence-corrected chi connectivity index (χ2v) is 8.85. The van der Waals surface area contributed by atoms with Crippen LogP contribution < -0.4 is 14.8 Å². The fourth-order valence-corrected chi connectivity index (χ4v) is 3.70. The van der Waals surface area contributed by atoms with Crippen molar-refractivity contribution in [3.63, 3.8) is 0 Å². The maximum Gasteiger partial charge on any atom is 0.240 e. The van der Waals surface area contributed by atoms with Gasteiger partial charge >= 0.3 is 0 Å². The average Bonchev–Trinajstić information content (AvgIpc) is 2.68. The largest absolute Gasteiger partial charge is 0.494 e. The minimum atomic E-state index is -3.66. The molecule has 2 aromatic rings. The molecule has 0 radical (unpaired) electrons. The lowest BCUT2D eigenvalue weighted by molar-refractivity contribution is -0.121. The topological polar surface area (TPSA) is 84.5 Å². The van der Waals surface area contributed by atoms with Gasteiger partial charge in [-0.25, -0.2) is 13.1 Å². The fraction of sp³-hybridized carbons (Fsp3) is 0.381. The van der Waals surface area contributed by atoms with E-state index in [-0.39, 0.29) is 29.2 Å². The van der Waals surface area contributed by atoms with Crippen LogP contribution in [0, 0.1) is 0 Å². The molecule has 0 aliphatic carbocycles. The lowest BCUT2D eigenvalue weighted by Gasteiger charge is -2.25. The van der Waals surface area contributed by atoms with E-state index in [2.05, 4.69) is 23.9 Å². The van der Waals surface area contributed by atoms with Gasteiger partial charge in [-0.3, -0.25) is 4.79 Å². The summed E-state index contributed by atoms with van der Waals surface area (Å²) in [6, 6.07) is 16.1. The fourth-order valence-electron chi connectivity index (χ4n) is 2.66. The van der Waals surface area contributed by atoms with Gasteiger partial charge in [-0.05, 0) is 36.8 Å². The molecule has 1 amide bonds. The van der Waals surface area contributed by atoms with Crippen molar-refractivity contribution in [1.29, 1.82) is 0 Å². The molecular formula is C21H28N2O4S. The first-order valence-corrected chi connectivity index (χ1v) is 10.8. The zero-order chi connectivity index (χ0) is 20.6. The third-order valence-electron chi connectivity index (χ3n) is 4.37. The molecule has 0 atom stereocenters. The first-order chi connectivity index (χ1) is 13.2. The number of rotatable bonds is 10. The van der Waals surface area contributed by atoms with Gasteiger partial charge in [-0.1, -0.05) is 44.2 Å². The number of benzene rings is 2. The van der Waals surface area contributed by atoms with Crippen LogP contribution in [-0.4, -0.2) is 34.0 Å². The molecule has 6 nitrogen and oxygen atoms in total. The summed E-state index contributed by atoms with van der Waals surface area (Å²) in [5, 5.41) is 2.88. The van der Waals surface area contributed by atoms with Crippen molar-refractivity contribution >= 4 is 15.9 Å². The number of sulfonamides is 1. The summed E-state index contributed by atoms with van der Waals surface area (Å²) in [6.45, 7) is 6.99. The molecule has 0 fully saturated rings. The van der Waals surface area contributed by atoms with Crippen LogP contribution >= 0.6 is 0 Å². The molecule has 0 heterocycles. The molecule has 2 N–H and O–H groups in total. The summed E-state index contributed by atoms with van der Waals surface area (Å²) >= 11 is 0. The van der Waals surface area contributed by atoms with Crippen LogP contribution in [-0.2, 0) is 20.2 Å². The van der Waals surface area contributed by atoms with Gasteiger partial charge in [-0.15, -0.1) is 0 Å². The van der Waals surface area contributed by atoms with Crippen molar-refractivity contribution in [2.75, 3.05) is 19.7 Å². The lowest BCUT2D eigenvalue weighted by atomic mass is 9.84. The van der Waals surface area contributed by atoms with Gasteiger partial charge < -0.3 is 10.1 Å². The zero-order valence-corrected chi connectivity index (χ0v) is 17.4. The molecule has 7 heteroatoms. The first-order valence-electron chi connectivity index (χ1n) is 9.29. The number of ether oxygens (including phenoxy) is 1. The van der Waals surface area contributed by atoms with Gasteiger partial charge in [0.2, 0.25) is 15.9 Å². The smallest absolute Gasteiger partial charge is 0.240 e. The van der Waals surface area contributed by atoms with Crippen LogP contribution in [0.5, 0.6) is 5.75 Å². The predicted molar refractivity (Wildman–Crippen MR) is 110 cm³/mol. The van der Waals surface area contributed by atoms with Crippen molar-refractivity contribution in [2.24, 2.45) is 0 Å². The third kappa shape index (κ3) is 6.35. The highest BCUT2D eigenvalue weighted by Gasteiger charge is 2.21. The first kappa shape index (κ1) is 21.9. The van der Waals surface area contributed by atoms with Crippen LogP contribution in [0.15, 0.2) is 59.5 Å². The Bertz CT molecular complexity index is 863. The van der Waals surface area contributed by atoms with Crippen LogP contribution in [0.4, 0.5) is 0 Å². The van der Waals surface area contributed by atoms with Crippen LogP contribution in [0.1, 0.15) is 32.8 Å². The molecule has 0 saturated carbocycles. The monoisotopic (exact) mass is 404 g/mol. The molecule has 0 unspecified atom stereocenters. The molecule has 152 valence electrons. The highest BCUT2D eigenvalue weighted by Crippen LogP contribution is 2.21. The third-order valence-corrected chi connectivity index (χ3v) is 5.85. The maximum absolute atomic E-state index is 12.3. The van der Waals surface area contributed by atoms with E-state index in [1.807, 2.05) is 37.3 Å². The van der Waals surface area contributed by atoms with E-state index in [1.54, 1.807) is 12.1 Å². The number of nitrogens with one attached hydrogen (secondary N) is 2. The van der Waals surface area contributed by atoms with Crippen LogP contribution in [0.3, 0.4) is 0 Å². The van der Waals surface area contributed by atoms with Crippen LogP contribution in [0.25, 0.3) is 0 Å². The Morgan fingerprint density at radius 3 is 2.29 bits per heavy atom. The Morgan fingerprint density at radius 1 is 1.04 bits per heavy atom. The summed E-state index contributed by atoms with van der Waals surface area (Å²) in [4.78, 5) is 12.2. The number of carbonyl (C=O) groups excluding carboxylic acids is 1. The van der Waals surface area contributed by atoms with E-state index in [1.165, 1.54) is 12.1 Å². The summed E-state index contributed by atoms with van der Waals surface area (Å²) in [5.74, 6) is 0.417. The van der Waals surface area contributed by atoms with E-state index in [0.29, 0.717) is 18.9 Å². The van der Waals surface area contributed by atoms with Crippen molar-refractivity contribution in [2.45, 2.75) is 37.5 Å². The average molecular weight is 405 g/mol. The minimum Gasteiger partial charge on any atom is -0.494 e. The van der Waals surface area contributed by atoms with E-state index >= 15 is 0 Å². The highest BCUT2D eigenvalue weighted by molar-refractivity contribution is 7.89. The molecule has 28 heavy (non-hydrogen) atoms. The van der Waals surface area contributed by atoms with Crippen molar-refractivity contribution in [3.8, 4) is 5.75 Å². The van der Waals surface area contributed by atoms with Gasteiger partial charge in [0.1, 0.15) is 5.75 Å². The Morgan fingerprint density at radius 2 is 1.68 bits per heavy atom. The summed E-state index contributed by atoms with van der Waals surface area (Å²) in [6.07, 6.45) is 0.0706.